The molecule has 7 heteroatoms. The molecule has 0 saturated heterocycles. The first-order valence-corrected chi connectivity index (χ1v) is 5.16. The largest absolute Gasteiger partial charge is 0.497 e. The second kappa shape index (κ2) is 3.30. The predicted octanol–water partition coefficient (Wildman–Crippen LogP) is 1.70. The van der Waals surface area contributed by atoms with E-state index < -0.39 is 25.9 Å². The highest BCUT2D eigenvalue weighted by molar-refractivity contribution is 9.09. The first-order chi connectivity index (χ1) is 4.67. The number of hydrogen-bond donors (Lipinski definition) is 0. The Labute approximate surface area is 70.8 Å². The predicted molar refractivity (Wildman–Crippen MR) is 38.2 cm³/mol. The number of sulfone groups is 1. The van der Waals surface area contributed by atoms with Crippen LogP contribution in [0, 0.1) is 0 Å². The lowest BCUT2D eigenvalue weighted by Gasteiger charge is -2.08. The van der Waals surface area contributed by atoms with E-state index in [4.69, 9.17) is 0 Å². The van der Waals surface area contributed by atoms with Gasteiger partial charge in [-0.05, 0) is 0 Å². The average molecular weight is 255 g/mol. The molecule has 0 aliphatic carbocycles. The second-order valence-corrected chi connectivity index (χ2v) is 5.60. The van der Waals surface area contributed by atoms with E-state index in [0.717, 1.165) is 0 Å². The molecule has 0 unspecified atom stereocenters. The van der Waals surface area contributed by atoms with Gasteiger partial charge < -0.3 is 0 Å². The van der Waals surface area contributed by atoms with E-state index in [1.807, 2.05) is 0 Å². The van der Waals surface area contributed by atoms with E-state index in [1.165, 1.54) is 6.92 Å². The molecule has 1 atom stereocenters. The van der Waals surface area contributed by atoms with E-state index in [2.05, 4.69) is 15.9 Å². The third kappa shape index (κ3) is 3.42. The van der Waals surface area contributed by atoms with Gasteiger partial charge in [-0.25, -0.2) is 8.42 Å². The van der Waals surface area contributed by atoms with Crippen LogP contribution in [0.3, 0.4) is 0 Å². The first kappa shape index (κ1) is 11.2. The van der Waals surface area contributed by atoms with Gasteiger partial charge in [0.2, 0.25) is 9.84 Å². The minimum Gasteiger partial charge on any atom is -0.220 e. The third-order valence-electron chi connectivity index (χ3n) is 0.802. The lowest BCUT2D eigenvalue weighted by Crippen LogP contribution is -2.29. The van der Waals surface area contributed by atoms with Crippen LogP contribution in [0.25, 0.3) is 0 Å². The van der Waals surface area contributed by atoms with Crippen molar-refractivity contribution in [3.63, 3.8) is 0 Å². The molecule has 0 radical (unpaired) electrons. The Morgan fingerprint density at radius 1 is 1.45 bits per heavy atom. The van der Waals surface area contributed by atoms with Gasteiger partial charge in [0.25, 0.3) is 0 Å². The minimum absolute atomic E-state index is 0.686. The van der Waals surface area contributed by atoms with Crippen LogP contribution >= 0.6 is 15.9 Å². The molecule has 0 aliphatic heterocycles. The van der Waals surface area contributed by atoms with Crippen LogP contribution in [0.5, 0.6) is 0 Å². The summed E-state index contributed by atoms with van der Waals surface area (Å²) in [5, 5.41) is 0. The van der Waals surface area contributed by atoms with Gasteiger partial charge in [0.15, 0.2) is 0 Å². The highest BCUT2D eigenvalue weighted by Gasteiger charge is 2.45. The van der Waals surface area contributed by atoms with Crippen molar-refractivity contribution in [2.75, 3.05) is 5.75 Å². The van der Waals surface area contributed by atoms with Crippen molar-refractivity contribution in [1.82, 2.24) is 0 Å². The zero-order chi connectivity index (χ0) is 9.28. The summed E-state index contributed by atoms with van der Waals surface area (Å²) in [5.74, 6) is -0.920. The van der Waals surface area contributed by atoms with Crippen molar-refractivity contribution in [3.8, 4) is 0 Å². The Hall–Kier alpha value is 0.220. The normalized spacial score (nSPS) is 16.5. The van der Waals surface area contributed by atoms with Gasteiger partial charge in [-0.2, -0.15) is 13.2 Å². The zero-order valence-corrected chi connectivity index (χ0v) is 7.92. The molecule has 0 bridgehead atoms. The van der Waals surface area contributed by atoms with Crippen molar-refractivity contribution in [1.29, 1.82) is 0 Å². The van der Waals surface area contributed by atoms with E-state index in [9.17, 15) is 21.6 Å². The van der Waals surface area contributed by atoms with Gasteiger partial charge >= 0.3 is 5.51 Å². The molecule has 0 aromatic rings. The van der Waals surface area contributed by atoms with Crippen LogP contribution in [-0.4, -0.2) is 24.5 Å². The standard InChI is InChI=1S/C4H6BrF3O2S/c1-3(5)2-11(9,10)4(6,7)8/h3H,2H2,1H3/t3-/m1/s1. The van der Waals surface area contributed by atoms with Crippen LogP contribution in [0.2, 0.25) is 0 Å². The van der Waals surface area contributed by atoms with Gasteiger partial charge in [-0.1, -0.05) is 22.9 Å². The summed E-state index contributed by atoms with van der Waals surface area (Å²) in [7, 11) is -4.94. The summed E-state index contributed by atoms with van der Waals surface area (Å²) in [6, 6.07) is 0. The van der Waals surface area contributed by atoms with Crippen molar-refractivity contribution in [2.45, 2.75) is 17.3 Å². The summed E-state index contributed by atoms with van der Waals surface area (Å²) in [5.41, 5.74) is -5.13. The molecular weight excluding hydrogens is 249 g/mol. The minimum atomic E-state index is -5.13. The molecular formula is C4H6BrF3O2S. The molecule has 11 heavy (non-hydrogen) atoms. The Morgan fingerprint density at radius 2 is 1.82 bits per heavy atom. The SMILES string of the molecule is C[C@@H](Br)CS(=O)(=O)C(F)(F)F. The van der Waals surface area contributed by atoms with Crippen LogP contribution in [-0.2, 0) is 9.84 Å². The van der Waals surface area contributed by atoms with Crippen LogP contribution in [0.4, 0.5) is 13.2 Å². The monoisotopic (exact) mass is 254 g/mol. The first-order valence-electron chi connectivity index (χ1n) is 2.60. The fourth-order valence-electron chi connectivity index (χ4n) is 0.397. The fourth-order valence-corrected chi connectivity index (χ4v) is 2.23. The van der Waals surface area contributed by atoms with Gasteiger partial charge in [0, 0.05) is 4.83 Å². The fraction of sp³-hybridized carbons (Fsp3) is 1.00. The molecule has 0 amide bonds. The van der Waals surface area contributed by atoms with Crippen LogP contribution in [0.1, 0.15) is 6.92 Å². The number of rotatable bonds is 2. The Kier molecular flexibility index (Phi) is 3.37. The highest BCUT2D eigenvalue weighted by Crippen LogP contribution is 2.25. The van der Waals surface area contributed by atoms with E-state index in [-0.39, 0.29) is 0 Å². The maximum Gasteiger partial charge on any atom is 0.497 e. The van der Waals surface area contributed by atoms with Gasteiger partial charge in [0.05, 0.1) is 5.75 Å². The third-order valence-corrected chi connectivity index (χ3v) is 3.20. The summed E-state index contributed by atoms with van der Waals surface area (Å²) >= 11 is 2.72. The second-order valence-electron chi connectivity index (χ2n) is 2.01. The summed E-state index contributed by atoms with van der Waals surface area (Å²) < 4.78 is 55.4. The zero-order valence-electron chi connectivity index (χ0n) is 5.52. The molecule has 68 valence electrons. The quantitative estimate of drug-likeness (QED) is 0.704. The molecule has 0 aromatic carbocycles. The summed E-state index contributed by atoms with van der Waals surface area (Å²) in [4.78, 5) is -0.686. The average Bonchev–Trinajstić information content (AvgIpc) is 1.56. The van der Waals surface area contributed by atoms with Crippen molar-refractivity contribution in [3.05, 3.63) is 0 Å². The molecule has 0 aromatic heterocycles. The maximum absolute atomic E-state index is 11.6. The maximum atomic E-state index is 11.6. The Morgan fingerprint density at radius 3 is 1.91 bits per heavy atom. The van der Waals surface area contributed by atoms with E-state index in [1.54, 1.807) is 0 Å². The molecule has 0 aliphatic rings. The lowest BCUT2D eigenvalue weighted by molar-refractivity contribution is -0.0435. The lowest BCUT2D eigenvalue weighted by atomic mass is 10.6. The molecule has 0 rings (SSSR count). The smallest absolute Gasteiger partial charge is 0.220 e. The van der Waals surface area contributed by atoms with Crippen LogP contribution in [0.15, 0.2) is 0 Å². The van der Waals surface area contributed by atoms with Gasteiger partial charge in [0.1, 0.15) is 0 Å². The van der Waals surface area contributed by atoms with E-state index in [0.29, 0.717) is 0 Å². The number of halogens is 4. The van der Waals surface area contributed by atoms with Gasteiger partial charge in [-0.15, -0.1) is 0 Å². The van der Waals surface area contributed by atoms with Crippen molar-refractivity contribution in [2.24, 2.45) is 0 Å². The van der Waals surface area contributed by atoms with E-state index >= 15 is 0 Å². The molecule has 2 nitrogen and oxygen atoms in total. The summed E-state index contributed by atoms with van der Waals surface area (Å²) in [6.45, 7) is 1.34. The molecule has 0 N–H and O–H groups in total. The summed E-state index contributed by atoms with van der Waals surface area (Å²) in [6.07, 6.45) is 0. The van der Waals surface area contributed by atoms with Crippen molar-refractivity contribution < 1.29 is 21.6 Å². The highest BCUT2D eigenvalue weighted by atomic mass is 79.9. The molecule has 0 saturated carbocycles. The Bertz CT molecular complexity index is 218. The van der Waals surface area contributed by atoms with Crippen molar-refractivity contribution >= 4 is 25.8 Å². The molecule has 0 fully saturated rings. The molecule has 0 heterocycles. The Balaban J connectivity index is 4.51. The van der Waals surface area contributed by atoms with Crippen LogP contribution < -0.4 is 0 Å². The molecule has 0 spiro atoms. The van der Waals surface area contributed by atoms with Gasteiger partial charge in [-0.3, -0.25) is 0 Å². The number of alkyl halides is 4. The topological polar surface area (TPSA) is 34.1 Å². The number of hydrogen-bond acceptors (Lipinski definition) is 2.